The van der Waals surface area contributed by atoms with Crippen molar-refractivity contribution in [2.24, 2.45) is 5.41 Å². The molecule has 41 heavy (non-hydrogen) atoms. The van der Waals surface area contributed by atoms with Crippen LogP contribution in [0.25, 0.3) is 0 Å². The monoisotopic (exact) mass is 562 g/mol. The summed E-state index contributed by atoms with van der Waals surface area (Å²) < 4.78 is 10.8. The van der Waals surface area contributed by atoms with E-state index in [0.29, 0.717) is 18.4 Å². The van der Waals surface area contributed by atoms with Gasteiger partial charge >= 0.3 is 11.9 Å². The third-order valence-corrected chi connectivity index (χ3v) is 10.1. The molecule has 2 saturated carbocycles. The number of allylic oxidation sites excluding steroid dienone is 6. The van der Waals surface area contributed by atoms with E-state index >= 15 is 0 Å². The Morgan fingerprint density at radius 2 is 1.34 bits per heavy atom. The first-order chi connectivity index (χ1) is 19.9. The van der Waals surface area contributed by atoms with Crippen molar-refractivity contribution < 1.29 is 28.7 Å². The molecule has 4 fully saturated rings. The third kappa shape index (κ3) is 6.05. The molecule has 2 atom stereocenters. The van der Waals surface area contributed by atoms with Crippen LogP contribution in [0, 0.1) is 5.41 Å². The zero-order valence-electron chi connectivity index (χ0n) is 24.0. The Bertz CT molecular complexity index is 1240. The molecule has 2 aliphatic heterocycles. The van der Waals surface area contributed by atoms with E-state index in [2.05, 4.69) is 16.7 Å². The number of carbonyl (C=O) groups excluding carboxylic acids is 4. The molecule has 2 heterocycles. The fourth-order valence-electron chi connectivity index (χ4n) is 7.84. The van der Waals surface area contributed by atoms with Gasteiger partial charge in [-0.05, 0) is 123 Å². The van der Waals surface area contributed by atoms with Gasteiger partial charge in [0.05, 0.1) is 0 Å². The summed E-state index contributed by atoms with van der Waals surface area (Å²) >= 11 is 0. The average Bonchev–Trinajstić information content (AvgIpc) is 3.82. The number of carbonyl (C=O) groups is 4. The minimum atomic E-state index is -0.339. The number of fused-ring (bicyclic) bond motifs is 1. The van der Waals surface area contributed by atoms with Crippen molar-refractivity contribution >= 4 is 23.5 Å². The lowest BCUT2D eigenvalue weighted by Crippen LogP contribution is -2.33. The molecular formula is C33H42N2O6. The van der Waals surface area contributed by atoms with Gasteiger partial charge in [0, 0.05) is 5.57 Å². The van der Waals surface area contributed by atoms with Crippen LogP contribution in [-0.4, -0.2) is 61.9 Å². The fourth-order valence-corrected chi connectivity index (χ4v) is 7.84. The molecule has 8 nitrogen and oxygen atoms in total. The molecule has 6 aliphatic rings. The Labute approximate surface area is 242 Å². The molecule has 0 amide bonds. The van der Waals surface area contributed by atoms with E-state index in [-0.39, 0.29) is 54.2 Å². The first-order valence-corrected chi connectivity index (χ1v) is 15.6. The Morgan fingerprint density at radius 1 is 0.707 bits per heavy atom. The van der Waals surface area contributed by atoms with Gasteiger partial charge in [0.2, 0.25) is 0 Å². The summed E-state index contributed by atoms with van der Waals surface area (Å²) in [7, 11) is 0. The van der Waals surface area contributed by atoms with Crippen molar-refractivity contribution in [3.05, 3.63) is 45.6 Å². The first kappa shape index (κ1) is 28.3. The van der Waals surface area contributed by atoms with Crippen LogP contribution in [0.1, 0.15) is 89.9 Å². The van der Waals surface area contributed by atoms with Crippen LogP contribution >= 0.6 is 0 Å². The maximum Gasteiger partial charge on any atom is 0.323 e. The molecule has 4 aliphatic carbocycles. The number of esters is 2. The second-order valence-electron chi connectivity index (χ2n) is 12.7. The van der Waals surface area contributed by atoms with Gasteiger partial charge in [-0.15, -0.1) is 0 Å². The molecule has 0 bridgehead atoms. The van der Waals surface area contributed by atoms with Gasteiger partial charge in [0.15, 0.2) is 24.8 Å². The number of hydrogen-bond acceptors (Lipinski definition) is 8. The second-order valence-corrected chi connectivity index (χ2v) is 12.7. The van der Waals surface area contributed by atoms with Crippen LogP contribution in [0.5, 0.6) is 0 Å². The molecule has 2 unspecified atom stereocenters. The number of rotatable bonds is 9. The number of nitrogens with one attached hydrogen (secondary N) is 2. The molecule has 2 N–H and O–H groups in total. The molecule has 0 aromatic rings. The maximum absolute atomic E-state index is 13.4. The number of ether oxygens (including phenoxy) is 2. The highest BCUT2D eigenvalue weighted by Crippen LogP contribution is 2.58. The van der Waals surface area contributed by atoms with Crippen LogP contribution in [0.4, 0.5) is 0 Å². The molecule has 6 rings (SSSR count). The van der Waals surface area contributed by atoms with E-state index in [1.807, 2.05) is 6.08 Å². The minimum absolute atomic E-state index is 0.0503. The van der Waals surface area contributed by atoms with Gasteiger partial charge < -0.3 is 20.1 Å². The van der Waals surface area contributed by atoms with Gasteiger partial charge in [-0.25, -0.2) is 0 Å². The highest BCUT2D eigenvalue weighted by Gasteiger charge is 2.45. The van der Waals surface area contributed by atoms with E-state index in [1.54, 1.807) is 0 Å². The Morgan fingerprint density at radius 3 is 1.93 bits per heavy atom. The zero-order chi connectivity index (χ0) is 28.4. The second kappa shape index (κ2) is 12.2. The molecule has 8 heteroatoms. The Balaban J connectivity index is 1.17. The maximum atomic E-state index is 13.4. The van der Waals surface area contributed by atoms with Crippen LogP contribution in [-0.2, 0) is 28.7 Å². The SMILES string of the molecule is O=C(COC(=O)C1CCCN1)C1=CC=C(C2=C3CC4(CCCC4)CC3=C(C(=O)COC(=O)C3CCCN3)CC2)CC1. The highest BCUT2D eigenvalue weighted by atomic mass is 16.5. The minimum Gasteiger partial charge on any atom is -0.456 e. The van der Waals surface area contributed by atoms with Crippen molar-refractivity contribution in [3.63, 3.8) is 0 Å². The van der Waals surface area contributed by atoms with Crippen LogP contribution in [0.2, 0.25) is 0 Å². The summed E-state index contributed by atoms with van der Waals surface area (Å²) in [6.45, 7) is 1.24. The molecule has 1 spiro atoms. The van der Waals surface area contributed by atoms with E-state index < -0.39 is 0 Å². The van der Waals surface area contributed by atoms with E-state index in [1.165, 1.54) is 48.0 Å². The van der Waals surface area contributed by atoms with Crippen LogP contribution in [0.3, 0.4) is 0 Å². The van der Waals surface area contributed by atoms with Gasteiger partial charge in [-0.3, -0.25) is 19.2 Å². The predicted octanol–water partition coefficient (Wildman–Crippen LogP) is 4.10. The van der Waals surface area contributed by atoms with Crippen LogP contribution < -0.4 is 10.6 Å². The quantitative estimate of drug-likeness (QED) is 0.404. The Hall–Kier alpha value is -2.84. The lowest BCUT2D eigenvalue weighted by atomic mass is 9.79. The van der Waals surface area contributed by atoms with Gasteiger partial charge in [-0.2, -0.15) is 0 Å². The molecule has 220 valence electrons. The van der Waals surface area contributed by atoms with Gasteiger partial charge in [-0.1, -0.05) is 25.0 Å². The summed E-state index contributed by atoms with van der Waals surface area (Å²) in [6.07, 6.45) is 17.1. The third-order valence-electron chi connectivity index (χ3n) is 10.1. The van der Waals surface area contributed by atoms with Gasteiger partial charge in [0.25, 0.3) is 0 Å². The van der Waals surface area contributed by atoms with E-state index in [9.17, 15) is 19.2 Å². The van der Waals surface area contributed by atoms with Crippen molar-refractivity contribution in [1.29, 1.82) is 0 Å². The standard InChI is InChI=1S/C33H42N2O6/c36-29(19-40-31(38)27-5-3-15-34-27)22-9-7-21(8-10-22)23-11-12-24(26-18-33(17-25(23)26)13-1-2-14-33)30(37)20-41-32(39)28-6-4-16-35-28/h7,9,27-28,34-35H,1-6,8,10-20H2. The largest absolute Gasteiger partial charge is 0.456 e. The van der Waals surface area contributed by atoms with E-state index in [0.717, 1.165) is 70.0 Å². The fraction of sp³-hybridized carbons (Fsp3) is 0.636. The summed E-state index contributed by atoms with van der Waals surface area (Å²) in [5.41, 5.74) is 6.94. The smallest absolute Gasteiger partial charge is 0.323 e. The van der Waals surface area contributed by atoms with Crippen LogP contribution in [0.15, 0.2) is 45.6 Å². The Kier molecular flexibility index (Phi) is 8.40. The average molecular weight is 563 g/mol. The lowest BCUT2D eigenvalue weighted by Gasteiger charge is -2.25. The molecule has 2 saturated heterocycles. The number of Topliss-reactive ketones (excluding diaryl/α,β-unsaturated/α-hetero) is 2. The number of ketones is 2. The lowest BCUT2D eigenvalue weighted by molar-refractivity contribution is -0.149. The molecule has 0 radical (unpaired) electrons. The summed E-state index contributed by atoms with van der Waals surface area (Å²) in [5, 5.41) is 6.25. The zero-order valence-corrected chi connectivity index (χ0v) is 24.0. The normalized spacial score (nSPS) is 27.1. The number of hydrogen-bond donors (Lipinski definition) is 2. The molecule has 0 aromatic carbocycles. The summed E-state index contributed by atoms with van der Waals surface area (Å²) in [6, 6.07) is -0.583. The summed E-state index contributed by atoms with van der Waals surface area (Å²) in [5.74, 6) is -0.837. The molecular weight excluding hydrogens is 520 g/mol. The molecule has 0 aromatic heterocycles. The van der Waals surface area contributed by atoms with Crippen molar-refractivity contribution in [1.82, 2.24) is 10.6 Å². The van der Waals surface area contributed by atoms with Crippen molar-refractivity contribution in [2.45, 2.75) is 102 Å². The van der Waals surface area contributed by atoms with E-state index in [4.69, 9.17) is 9.47 Å². The van der Waals surface area contributed by atoms with Crippen molar-refractivity contribution in [3.8, 4) is 0 Å². The van der Waals surface area contributed by atoms with Gasteiger partial charge in [0.1, 0.15) is 12.1 Å². The highest BCUT2D eigenvalue weighted by molar-refractivity contribution is 6.00. The summed E-state index contributed by atoms with van der Waals surface area (Å²) in [4.78, 5) is 50.7. The first-order valence-electron chi connectivity index (χ1n) is 15.6. The topological polar surface area (TPSA) is 111 Å². The predicted molar refractivity (Wildman–Crippen MR) is 153 cm³/mol. The van der Waals surface area contributed by atoms with Crippen molar-refractivity contribution in [2.75, 3.05) is 26.3 Å².